The van der Waals surface area contributed by atoms with E-state index in [1.54, 1.807) is 0 Å². The first-order valence-corrected chi connectivity index (χ1v) is 14.0. The monoisotopic (exact) mass is 524 g/mol. The molecule has 0 spiro atoms. The Morgan fingerprint density at radius 3 is 1.73 bits per heavy atom. The summed E-state index contributed by atoms with van der Waals surface area (Å²) < 4.78 is 11.5. The van der Waals surface area contributed by atoms with Crippen LogP contribution in [-0.2, 0) is 0 Å². The Labute approximate surface area is 236 Å². The summed E-state index contributed by atoms with van der Waals surface area (Å²) in [4.78, 5) is 0. The van der Waals surface area contributed by atoms with Crippen molar-refractivity contribution in [2.45, 2.75) is 0 Å². The zero-order valence-electron chi connectivity index (χ0n) is 22.2. The maximum absolute atomic E-state index is 6.80. The summed E-state index contributed by atoms with van der Waals surface area (Å²) in [6, 6.07) is 51.6. The Balaban J connectivity index is 1.33. The summed E-state index contributed by atoms with van der Waals surface area (Å²) in [6.07, 6.45) is 0. The molecule has 0 radical (unpaired) electrons. The first-order valence-electron chi connectivity index (χ1n) is 14.0. The Morgan fingerprint density at radius 1 is 0.390 bits per heavy atom. The Morgan fingerprint density at radius 2 is 0.976 bits per heavy atom. The zero-order valence-corrected chi connectivity index (χ0v) is 22.2. The van der Waals surface area contributed by atoms with E-state index in [1.807, 2.05) is 0 Å². The van der Waals surface area contributed by atoms with Crippen LogP contribution in [-0.4, -0.2) is 9.13 Å². The van der Waals surface area contributed by atoms with E-state index < -0.39 is 0 Å². The van der Waals surface area contributed by atoms with E-state index in [4.69, 9.17) is 4.42 Å². The standard InChI is InChI=1S/C38H24N2O/c1-3-12-26(13-4-1)39-33-20-9-7-16-29(33)32-24-25(22-23-35(32)39)28-18-11-19-31-36-38(41-37(28)31)30-17-8-10-21-34(30)40(36)27-14-5-2-6-15-27/h1-24H. The van der Waals surface area contributed by atoms with Crippen molar-refractivity contribution in [3.05, 3.63) is 146 Å². The minimum atomic E-state index is 0.916. The lowest BCUT2D eigenvalue weighted by Crippen LogP contribution is -1.93. The van der Waals surface area contributed by atoms with E-state index in [2.05, 4.69) is 155 Å². The highest BCUT2D eigenvalue weighted by Crippen LogP contribution is 2.43. The Kier molecular flexibility index (Phi) is 4.61. The van der Waals surface area contributed by atoms with E-state index in [0.717, 1.165) is 55.5 Å². The largest absolute Gasteiger partial charge is 0.453 e. The summed E-state index contributed by atoms with van der Waals surface area (Å²) in [5, 5.41) is 4.71. The van der Waals surface area contributed by atoms with Gasteiger partial charge in [-0.1, -0.05) is 84.9 Å². The maximum atomic E-state index is 6.80. The predicted octanol–water partition coefficient (Wildman–Crippen LogP) is 10.3. The average Bonchev–Trinajstić information content (AvgIpc) is 3.69. The number of aromatic nitrogens is 2. The molecule has 0 saturated carbocycles. The molecule has 3 heteroatoms. The van der Waals surface area contributed by atoms with Gasteiger partial charge >= 0.3 is 0 Å². The molecule has 0 saturated heterocycles. The highest BCUT2D eigenvalue weighted by atomic mass is 16.3. The van der Waals surface area contributed by atoms with E-state index in [-0.39, 0.29) is 0 Å². The molecule has 6 aromatic carbocycles. The molecule has 0 aliphatic heterocycles. The third kappa shape index (κ3) is 3.14. The van der Waals surface area contributed by atoms with E-state index in [9.17, 15) is 0 Å². The summed E-state index contributed by atoms with van der Waals surface area (Å²) in [5.74, 6) is 0. The summed E-state index contributed by atoms with van der Waals surface area (Å²) in [5.41, 5.74) is 11.0. The molecule has 41 heavy (non-hydrogen) atoms. The molecule has 0 aliphatic carbocycles. The predicted molar refractivity (Wildman–Crippen MR) is 170 cm³/mol. The topological polar surface area (TPSA) is 23.0 Å². The highest BCUT2D eigenvalue weighted by molar-refractivity contribution is 6.19. The number of hydrogen-bond acceptors (Lipinski definition) is 1. The van der Waals surface area contributed by atoms with Gasteiger partial charge in [-0.05, 0) is 66.2 Å². The van der Waals surface area contributed by atoms with Gasteiger partial charge in [0.1, 0.15) is 11.1 Å². The van der Waals surface area contributed by atoms with Gasteiger partial charge in [-0.3, -0.25) is 0 Å². The Hall–Kier alpha value is -5.54. The van der Waals surface area contributed by atoms with Gasteiger partial charge in [0.15, 0.2) is 5.58 Å². The van der Waals surface area contributed by atoms with Crippen molar-refractivity contribution >= 4 is 54.8 Å². The Bertz CT molecular complexity index is 2410. The van der Waals surface area contributed by atoms with Crippen LogP contribution in [0.1, 0.15) is 0 Å². The zero-order chi connectivity index (χ0) is 26.9. The molecule has 0 fully saturated rings. The van der Waals surface area contributed by atoms with Gasteiger partial charge in [0, 0.05) is 38.5 Å². The second-order valence-electron chi connectivity index (χ2n) is 10.6. The van der Waals surface area contributed by atoms with Crippen molar-refractivity contribution < 1.29 is 4.42 Å². The van der Waals surface area contributed by atoms with Gasteiger partial charge in [-0.2, -0.15) is 0 Å². The number of nitrogens with zero attached hydrogens (tertiary/aromatic N) is 2. The van der Waals surface area contributed by atoms with Gasteiger partial charge < -0.3 is 13.6 Å². The number of para-hydroxylation sites is 5. The van der Waals surface area contributed by atoms with Crippen LogP contribution in [0.15, 0.2) is 150 Å². The molecule has 192 valence electrons. The van der Waals surface area contributed by atoms with Gasteiger partial charge in [0.25, 0.3) is 0 Å². The van der Waals surface area contributed by atoms with Crippen LogP contribution in [0.25, 0.3) is 77.3 Å². The van der Waals surface area contributed by atoms with E-state index in [0.29, 0.717) is 0 Å². The SMILES string of the molecule is c1ccc(-n2c3ccccc3c3cc(-c4cccc5c4oc4c6ccccc6n(-c6ccccc6)c54)ccc32)cc1. The molecule has 0 unspecified atom stereocenters. The van der Waals surface area contributed by atoms with Crippen LogP contribution in [0.3, 0.4) is 0 Å². The second kappa shape index (κ2) is 8.48. The van der Waals surface area contributed by atoms with Crippen LogP contribution in [0, 0.1) is 0 Å². The summed E-state index contributed by atoms with van der Waals surface area (Å²) in [6.45, 7) is 0. The van der Waals surface area contributed by atoms with Crippen LogP contribution in [0.5, 0.6) is 0 Å². The second-order valence-corrected chi connectivity index (χ2v) is 10.6. The fourth-order valence-electron chi connectivity index (χ4n) is 6.56. The number of furan rings is 1. The molecule has 0 atom stereocenters. The van der Waals surface area contributed by atoms with E-state index in [1.165, 1.54) is 21.8 Å². The summed E-state index contributed by atoms with van der Waals surface area (Å²) in [7, 11) is 0. The minimum absolute atomic E-state index is 0.916. The van der Waals surface area contributed by atoms with Crippen molar-refractivity contribution in [1.82, 2.24) is 9.13 Å². The van der Waals surface area contributed by atoms with Crippen LogP contribution < -0.4 is 0 Å². The molecule has 3 aromatic heterocycles. The third-order valence-corrected chi connectivity index (χ3v) is 8.31. The molecule has 9 rings (SSSR count). The smallest absolute Gasteiger partial charge is 0.161 e. The maximum Gasteiger partial charge on any atom is 0.161 e. The van der Waals surface area contributed by atoms with Crippen LogP contribution in [0.4, 0.5) is 0 Å². The van der Waals surface area contributed by atoms with Gasteiger partial charge in [-0.25, -0.2) is 0 Å². The fraction of sp³-hybridized carbons (Fsp3) is 0. The molecule has 0 amide bonds. The highest BCUT2D eigenvalue weighted by Gasteiger charge is 2.21. The van der Waals surface area contributed by atoms with Crippen LogP contribution >= 0.6 is 0 Å². The number of benzene rings is 6. The molecular weight excluding hydrogens is 500 g/mol. The van der Waals surface area contributed by atoms with Gasteiger partial charge in [-0.15, -0.1) is 0 Å². The lowest BCUT2D eigenvalue weighted by atomic mass is 10.0. The van der Waals surface area contributed by atoms with Gasteiger partial charge in [0.05, 0.1) is 16.6 Å². The van der Waals surface area contributed by atoms with Crippen molar-refractivity contribution in [2.75, 3.05) is 0 Å². The number of hydrogen-bond donors (Lipinski definition) is 0. The molecule has 0 N–H and O–H groups in total. The lowest BCUT2D eigenvalue weighted by molar-refractivity contribution is 0.674. The van der Waals surface area contributed by atoms with Crippen molar-refractivity contribution in [3.63, 3.8) is 0 Å². The molecule has 0 bridgehead atoms. The molecule has 3 heterocycles. The minimum Gasteiger partial charge on any atom is -0.453 e. The fourth-order valence-corrected chi connectivity index (χ4v) is 6.56. The van der Waals surface area contributed by atoms with Crippen LogP contribution in [0.2, 0.25) is 0 Å². The lowest BCUT2D eigenvalue weighted by Gasteiger charge is -2.09. The van der Waals surface area contributed by atoms with Crippen molar-refractivity contribution in [1.29, 1.82) is 0 Å². The van der Waals surface area contributed by atoms with Crippen molar-refractivity contribution in [3.8, 4) is 22.5 Å². The first-order chi connectivity index (χ1) is 20.4. The molecule has 3 nitrogen and oxygen atoms in total. The number of fused-ring (bicyclic) bond motifs is 8. The molecule has 0 aliphatic rings. The van der Waals surface area contributed by atoms with Crippen molar-refractivity contribution in [2.24, 2.45) is 0 Å². The quantitative estimate of drug-likeness (QED) is 0.225. The van der Waals surface area contributed by atoms with Gasteiger partial charge in [0.2, 0.25) is 0 Å². The van der Waals surface area contributed by atoms with E-state index >= 15 is 0 Å². The molecular formula is C38H24N2O. The molecule has 9 aromatic rings. The first kappa shape index (κ1) is 22.3. The average molecular weight is 525 g/mol. The number of rotatable bonds is 3. The third-order valence-electron chi connectivity index (χ3n) is 8.31. The normalized spacial score (nSPS) is 11.9. The summed E-state index contributed by atoms with van der Waals surface area (Å²) >= 11 is 0.